The lowest BCUT2D eigenvalue weighted by Gasteiger charge is -2.14. The van der Waals surface area contributed by atoms with Gasteiger partial charge in [-0.2, -0.15) is 0 Å². The van der Waals surface area contributed by atoms with E-state index in [4.69, 9.17) is 4.74 Å². The molecule has 0 saturated carbocycles. The molecule has 0 aromatic heterocycles. The summed E-state index contributed by atoms with van der Waals surface area (Å²) in [5.41, 5.74) is 0. The van der Waals surface area contributed by atoms with E-state index in [1.807, 2.05) is 0 Å². The van der Waals surface area contributed by atoms with Crippen LogP contribution in [0.1, 0.15) is 232 Å². The molecule has 0 aliphatic rings. The van der Waals surface area contributed by atoms with Gasteiger partial charge in [-0.25, -0.2) is 0 Å². The van der Waals surface area contributed by atoms with Crippen LogP contribution in [-0.2, 0) is 9.53 Å². The van der Waals surface area contributed by atoms with Crippen LogP contribution in [-0.4, -0.2) is 13.1 Å². The van der Waals surface area contributed by atoms with Gasteiger partial charge in [0.05, 0.1) is 13.0 Å². The summed E-state index contributed by atoms with van der Waals surface area (Å²) >= 11 is 0. The van der Waals surface area contributed by atoms with Crippen LogP contribution < -0.4 is 0 Å². The third-order valence-corrected chi connectivity index (χ3v) is 9.35. The van der Waals surface area contributed by atoms with Crippen molar-refractivity contribution in [1.29, 1.82) is 0 Å². The zero-order valence-electron chi connectivity index (χ0n) is 28.9. The minimum atomic E-state index is 0.0342. The van der Waals surface area contributed by atoms with E-state index in [2.05, 4.69) is 13.8 Å². The van der Waals surface area contributed by atoms with Gasteiger partial charge in [-0.05, 0) is 12.8 Å². The molecule has 0 aliphatic carbocycles. The van der Waals surface area contributed by atoms with Crippen LogP contribution in [0.2, 0.25) is 0 Å². The highest BCUT2D eigenvalue weighted by Gasteiger charge is 2.18. The van der Waals surface area contributed by atoms with Crippen molar-refractivity contribution >= 4 is 5.97 Å². The van der Waals surface area contributed by atoms with Crippen molar-refractivity contribution in [3.8, 4) is 0 Å². The van der Waals surface area contributed by atoms with Gasteiger partial charge in [0.2, 0.25) is 0 Å². The molecule has 0 spiro atoms. The maximum Gasteiger partial charge on any atom is 0.308 e. The second kappa shape index (κ2) is 35.7. The standard InChI is InChI=1S/C39H78O2/c1-4-6-8-10-12-14-16-18-20-22-24-26-28-30-32-34-36-38(39(40)41-3)37-35-33-31-29-27-25-23-21-19-17-15-13-11-9-7-5-2/h38H,4-37H2,1-3H3. The van der Waals surface area contributed by atoms with Crippen molar-refractivity contribution in [3.05, 3.63) is 0 Å². The second-order valence-corrected chi connectivity index (χ2v) is 13.4. The predicted molar refractivity (Wildman–Crippen MR) is 184 cm³/mol. The van der Waals surface area contributed by atoms with Crippen LogP contribution in [0.15, 0.2) is 0 Å². The topological polar surface area (TPSA) is 26.3 Å². The Labute approximate surface area is 260 Å². The van der Waals surface area contributed by atoms with Gasteiger partial charge in [0.1, 0.15) is 0 Å². The number of methoxy groups -OCH3 is 1. The highest BCUT2D eigenvalue weighted by Crippen LogP contribution is 2.21. The summed E-state index contributed by atoms with van der Waals surface area (Å²) in [4.78, 5) is 12.3. The number of unbranched alkanes of at least 4 members (excludes halogenated alkanes) is 30. The van der Waals surface area contributed by atoms with E-state index in [0.29, 0.717) is 0 Å². The lowest BCUT2D eigenvalue weighted by Crippen LogP contribution is -2.16. The van der Waals surface area contributed by atoms with Crippen molar-refractivity contribution in [2.75, 3.05) is 7.11 Å². The van der Waals surface area contributed by atoms with Gasteiger partial charge in [0.15, 0.2) is 0 Å². The van der Waals surface area contributed by atoms with Crippen LogP contribution in [0.3, 0.4) is 0 Å². The lowest BCUT2D eigenvalue weighted by molar-refractivity contribution is -0.146. The van der Waals surface area contributed by atoms with Crippen molar-refractivity contribution in [1.82, 2.24) is 0 Å². The van der Waals surface area contributed by atoms with Crippen molar-refractivity contribution in [2.45, 2.75) is 232 Å². The van der Waals surface area contributed by atoms with E-state index < -0.39 is 0 Å². The molecule has 0 heterocycles. The number of hydrogen-bond donors (Lipinski definition) is 0. The molecule has 0 saturated heterocycles. The van der Waals surface area contributed by atoms with E-state index >= 15 is 0 Å². The zero-order valence-corrected chi connectivity index (χ0v) is 28.9. The van der Waals surface area contributed by atoms with Gasteiger partial charge in [-0.1, -0.05) is 219 Å². The summed E-state index contributed by atoms with van der Waals surface area (Å²) < 4.78 is 5.13. The molecule has 0 amide bonds. The molecule has 0 radical (unpaired) electrons. The molecule has 0 aromatic rings. The normalized spacial score (nSPS) is 11.5. The Balaban J connectivity index is 3.48. The first-order valence-corrected chi connectivity index (χ1v) is 19.3. The molecule has 2 nitrogen and oxygen atoms in total. The minimum absolute atomic E-state index is 0.0342. The van der Waals surface area contributed by atoms with Gasteiger partial charge < -0.3 is 4.74 Å². The van der Waals surface area contributed by atoms with Crippen molar-refractivity contribution in [2.24, 2.45) is 5.92 Å². The molecule has 0 atom stereocenters. The summed E-state index contributed by atoms with van der Waals surface area (Å²) in [7, 11) is 1.57. The molecular weight excluding hydrogens is 500 g/mol. The average Bonchev–Trinajstić information content (AvgIpc) is 2.99. The molecule has 246 valence electrons. The first kappa shape index (κ1) is 40.5. The number of carbonyl (C=O) groups is 1. The number of hydrogen-bond acceptors (Lipinski definition) is 2. The molecule has 41 heavy (non-hydrogen) atoms. The molecule has 0 bridgehead atoms. The van der Waals surface area contributed by atoms with E-state index in [1.54, 1.807) is 7.11 Å². The molecule has 0 unspecified atom stereocenters. The summed E-state index contributed by atoms with van der Waals surface area (Å²) in [6.07, 6.45) is 46.8. The third-order valence-electron chi connectivity index (χ3n) is 9.35. The molecule has 0 N–H and O–H groups in total. The summed E-state index contributed by atoms with van der Waals surface area (Å²) in [5, 5.41) is 0. The van der Waals surface area contributed by atoms with E-state index in [1.165, 1.54) is 205 Å². The first-order valence-electron chi connectivity index (χ1n) is 19.3. The molecule has 2 heteroatoms. The van der Waals surface area contributed by atoms with Crippen LogP contribution in [0.25, 0.3) is 0 Å². The Bertz CT molecular complexity index is 452. The monoisotopic (exact) mass is 579 g/mol. The fraction of sp³-hybridized carbons (Fsp3) is 0.974. The number of esters is 1. The largest absolute Gasteiger partial charge is 0.469 e. The maximum absolute atomic E-state index is 12.3. The quantitative estimate of drug-likeness (QED) is 0.0552. The second-order valence-electron chi connectivity index (χ2n) is 13.4. The number of carbonyl (C=O) groups excluding carboxylic acids is 1. The Morgan fingerprint density at radius 3 is 0.756 bits per heavy atom. The van der Waals surface area contributed by atoms with Gasteiger partial charge in [0, 0.05) is 0 Å². The molecule has 0 fully saturated rings. The SMILES string of the molecule is CCCCCCCCCCCCCCCCCCC(CCCCCCCCCCCCCCCCCC)C(=O)OC. The Hall–Kier alpha value is -0.530. The summed E-state index contributed by atoms with van der Waals surface area (Å²) in [5.74, 6) is 0.171. The number of ether oxygens (including phenoxy) is 1. The molecule has 0 aliphatic heterocycles. The minimum Gasteiger partial charge on any atom is -0.469 e. The highest BCUT2D eigenvalue weighted by molar-refractivity contribution is 5.72. The van der Waals surface area contributed by atoms with Gasteiger partial charge in [-0.3, -0.25) is 4.79 Å². The Morgan fingerprint density at radius 2 is 0.561 bits per heavy atom. The first-order chi connectivity index (χ1) is 20.3. The average molecular weight is 579 g/mol. The van der Waals surface area contributed by atoms with Gasteiger partial charge in [0.25, 0.3) is 0 Å². The highest BCUT2D eigenvalue weighted by atomic mass is 16.5. The summed E-state index contributed by atoms with van der Waals surface area (Å²) in [6.45, 7) is 4.59. The van der Waals surface area contributed by atoms with Crippen LogP contribution >= 0.6 is 0 Å². The van der Waals surface area contributed by atoms with Crippen molar-refractivity contribution in [3.63, 3.8) is 0 Å². The van der Waals surface area contributed by atoms with E-state index in [9.17, 15) is 4.79 Å². The lowest BCUT2D eigenvalue weighted by atomic mass is 9.94. The maximum atomic E-state index is 12.3. The molecule has 0 aromatic carbocycles. The van der Waals surface area contributed by atoms with Crippen molar-refractivity contribution < 1.29 is 9.53 Å². The van der Waals surface area contributed by atoms with Gasteiger partial charge >= 0.3 is 5.97 Å². The Morgan fingerprint density at radius 1 is 0.366 bits per heavy atom. The van der Waals surface area contributed by atoms with Crippen LogP contribution in [0, 0.1) is 5.92 Å². The van der Waals surface area contributed by atoms with E-state index in [-0.39, 0.29) is 11.9 Å². The van der Waals surface area contributed by atoms with E-state index in [0.717, 1.165) is 12.8 Å². The van der Waals surface area contributed by atoms with Gasteiger partial charge in [-0.15, -0.1) is 0 Å². The third kappa shape index (κ3) is 32.2. The zero-order chi connectivity index (χ0) is 29.9. The molecular formula is C39H78O2. The number of rotatable bonds is 35. The van der Waals surface area contributed by atoms with Crippen LogP contribution in [0.5, 0.6) is 0 Å². The Kier molecular flexibility index (Phi) is 35.2. The summed E-state index contributed by atoms with van der Waals surface area (Å²) in [6, 6.07) is 0. The molecule has 0 rings (SSSR count). The smallest absolute Gasteiger partial charge is 0.308 e. The van der Waals surface area contributed by atoms with Crippen LogP contribution in [0.4, 0.5) is 0 Å². The fourth-order valence-corrected chi connectivity index (χ4v) is 6.42. The predicted octanol–water partition coefficient (Wildman–Crippen LogP) is 14.1. The fourth-order valence-electron chi connectivity index (χ4n) is 6.42.